The fourth-order valence-corrected chi connectivity index (χ4v) is 6.64. The number of amides is 1. The molecule has 0 spiro atoms. The second kappa shape index (κ2) is 8.14. The van der Waals surface area contributed by atoms with Crippen LogP contribution in [0.25, 0.3) is 0 Å². The van der Waals surface area contributed by atoms with Crippen LogP contribution in [0.4, 0.5) is 0 Å². The fourth-order valence-electron chi connectivity index (χ4n) is 3.68. The minimum absolute atomic E-state index is 0. The van der Waals surface area contributed by atoms with Crippen molar-refractivity contribution in [3.8, 4) is 0 Å². The Morgan fingerprint density at radius 3 is 2.69 bits per heavy atom. The number of carbonyl (C=O) groups is 1. The highest BCUT2D eigenvalue weighted by Gasteiger charge is 2.40. The maximum absolute atomic E-state index is 12.9. The van der Waals surface area contributed by atoms with Crippen LogP contribution in [-0.2, 0) is 14.8 Å². The van der Waals surface area contributed by atoms with Crippen molar-refractivity contribution in [3.05, 3.63) is 17.0 Å². The molecule has 1 amide bonds. The Balaban J connectivity index is 0.00000243. The van der Waals surface area contributed by atoms with E-state index in [0.29, 0.717) is 23.8 Å². The van der Waals surface area contributed by atoms with Gasteiger partial charge in [-0.1, -0.05) is 6.92 Å². The first-order valence-electron chi connectivity index (χ1n) is 8.81. The molecular formula is C17H28ClN3O3S2. The first-order chi connectivity index (χ1) is 11.7. The summed E-state index contributed by atoms with van der Waals surface area (Å²) < 4.78 is 27.5. The molecule has 9 heteroatoms. The number of sulfonamides is 1. The number of hydrogen-bond acceptors (Lipinski definition) is 5. The van der Waals surface area contributed by atoms with Crippen LogP contribution < -0.4 is 5.73 Å². The molecule has 0 bridgehead atoms. The summed E-state index contributed by atoms with van der Waals surface area (Å²) in [4.78, 5) is 15.7. The number of halogens is 1. The molecule has 1 aromatic heterocycles. The van der Waals surface area contributed by atoms with Crippen LogP contribution in [0, 0.1) is 18.3 Å². The van der Waals surface area contributed by atoms with Crippen molar-refractivity contribution < 1.29 is 13.2 Å². The minimum atomic E-state index is -3.50. The van der Waals surface area contributed by atoms with E-state index in [9.17, 15) is 13.2 Å². The molecule has 6 nitrogen and oxygen atoms in total. The van der Waals surface area contributed by atoms with Crippen molar-refractivity contribution in [2.75, 3.05) is 32.7 Å². The highest BCUT2D eigenvalue weighted by molar-refractivity contribution is 7.91. The maximum Gasteiger partial charge on any atom is 0.252 e. The molecule has 2 aliphatic heterocycles. The smallest absolute Gasteiger partial charge is 0.252 e. The van der Waals surface area contributed by atoms with Crippen LogP contribution in [0.15, 0.2) is 16.3 Å². The molecule has 2 saturated heterocycles. The fraction of sp³-hybridized carbons (Fsp3) is 0.706. The van der Waals surface area contributed by atoms with Crippen molar-refractivity contribution in [2.45, 2.75) is 37.3 Å². The number of thiophene rings is 1. The largest absolute Gasteiger partial charge is 0.342 e. The summed E-state index contributed by atoms with van der Waals surface area (Å²) in [6.07, 6.45) is 2.39. The topological polar surface area (TPSA) is 83.7 Å². The van der Waals surface area contributed by atoms with Crippen molar-refractivity contribution in [3.63, 3.8) is 0 Å². The Labute approximate surface area is 166 Å². The summed E-state index contributed by atoms with van der Waals surface area (Å²) in [5.41, 5.74) is 5.82. The van der Waals surface area contributed by atoms with E-state index < -0.39 is 10.0 Å². The Morgan fingerprint density at radius 2 is 2.12 bits per heavy atom. The maximum atomic E-state index is 12.9. The van der Waals surface area contributed by atoms with Crippen LogP contribution in [0.2, 0.25) is 0 Å². The van der Waals surface area contributed by atoms with E-state index in [0.717, 1.165) is 30.7 Å². The van der Waals surface area contributed by atoms with E-state index in [1.165, 1.54) is 15.6 Å². The first kappa shape index (κ1) is 21.6. The Bertz CT molecular complexity index is 752. The Morgan fingerprint density at radius 1 is 1.38 bits per heavy atom. The van der Waals surface area contributed by atoms with Gasteiger partial charge in [-0.05, 0) is 50.3 Å². The Hall–Kier alpha value is -0.670. The van der Waals surface area contributed by atoms with Crippen molar-refractivity contribution in [2.24, 2.45) is 17.1 Å². The van der Waals surface area contributed by atoms with Gasteiger partial charge in [0, 0.05) is 31.1 Å². The molecule has 3 heterocycles. The third-order valence-corrected chi connectivity index (χ3v) is 8.74. The molecule has 0 aromatic carbocycles. The number of nitrogens with zero attached hydrogens (tertiary/aromatic N) is 2. The van der Waals surface area contributed by atoms with Gasteiger partial charge < -0.3 is 10.6 Å². The number of likely N-dealkylation sites (tertiary alicyclic amines) is 1. The molecule has 0 aliphatic carbocycles. The van der Waals surface area contributed by atoms with Gasteiger partial charge in [-0.3, -0.25) is 4.79 Å². The molecule has 2 atom stereocenters. The number of nitrogens with two attached hydrogens (primary N) is 1. The summed E-state index contributed by atoms with van der Waals surface area (Å²) in [5.74, 6) is -0.163. The van der Waals surface area contributed by atoms with Crippen molar-refractivity contribution in [1.82, 2.24) is 9.21 Å². The molecule has 0 saturated carbocycles. The van der Waals surface area contributed by atoms with Gasteiger partial charge in [-0.25, -0.2) is 8.42 Å². The standard InChI is InChI=1S/C17H27N3O3S2.ClH/c1-13-5-6-15(24-13)25(22,23)20-8-3-4-14(10-20)16(21)19-9-7-17(2,11-18)12-19;/h5-6,14H,3-4,7-12,18H2,1-2H3;1H. The molecule has 2 N–H and O–H groups in total. The molecule has 2 aliphatic rings. The first-order valence-corrected chi connectivity index (χ1v) is 11.1. The Kier molecular flexibility index (Phi) is 6.77. The second-order valence-corrected chi connectivity index (χ2v) is 11.0. The number of piperidine rings is 1. The zero-order valence-corrected chi connectivity index (χ0v) is 17.8. The summed E-state index contributed by atoms with van der Waals surface area (Å²) in [6.45, 7) is 6.75. The molecule has 2 unspecified atom stereocenters. The zero-order valence-electron chi connectivity index (χ0n) is 15.3. The van der Waals surface area contributed by atoms with Gasteiger partial charge in [0.2, 0.25) is 5.91 Å². The quantitative estimate of drug-likeness (QED) is 0.806. The highest BCUT2D eigenvalue weighted by Crippen LogP contribution is 2.32. The van der Waals surface area contributed by atoms with E-state index >= 15 is 0 Å². The molecule has 148 valence electrons. The zero-order chi connectivity index (χ0) is 18.2. The van der Waals surface area contributed by atoms with Crippen LogP contribution >= 0.6 is 23.7 Å². The number of aryl methyl sites for hydroxylation is 1. The normalized spacial score (nSPS) is 27.3. The predicted octanol–water partition coefficient (Wildman–Crippen LogP) is 2.08. The number of carbonyl (C=O) groups excluding carboxylic acids is 1. The molecule has 26 heavy (non-hydrogen) atoms. The average molecular weight is 422 g/mol. The van der Waals surface area contributed by atoms with Gasteiger partial charge in [0.15, 0.2) is 0 Å². The lowest BCUT2D eigenvalue weighted by Crippen LogP contribution is -2.46. The molecule has 3 rings (SSSR count). The summed E-state index contributed by atoms with van der Waals surface area (Å²) in [5, 5.41) is 0. The van der Waals surface area contributed by atoms with Gasteiger partial charge >= 0.3 is 0 Å². The van der Waals surface area contributed by atoms with Crippen LogP contribution in [-0.4, -0.2) is 56.3 Å². The van der Waals surface area contributed by atoms with Gasteiger partial charge in [-0.2, -0.15) is 4.31 Å². The van der Waals surface area contributed by atoms with Crippen molar-refractivity contribution >= 4 is 39.7 Å². The van der Waals surface area contributed by atoms with E-state index in [4.69, 9.17) is 5.73 Å². The van der Waals surface area contributed by atoms with E-state index in [2.05, 4.69) is 6.92 Å². The number of rotatable bonds is 4. The highest BCUT2D eigenvalue weighted by atomic mass is 35.5. The molecule has 1 aromatic rings. The van der Waals surface area contributed by atoms with Crippen LogP contribution in [0.5, 0.6) is 0 Å². The summed E-state index contributed by atoms with van der Waals surface area (Å²) in [7, 11) is -3.50. The number of hydrogen-bond donors (Lipinski definition) is 1. The van der Waals surface area contributed by atoms with Gasteiger partial charge in [-0.15, -0.1) is 23.7 Å². The monoisotopic (exact) mass is 421 g/mol. The minimum Gasteiger partial charge on any atom is -0.342 e. The van der Waals surface area contributed by atoms with Gasteiger partial charge in [0.05, 0.1) is 5.92 Å². The SMILES string of the molecule is Cc1ccc(S(=O)(=O)N2CCCC(C(=O)N3CCC(C)(CN)C3)C2)s1.Cl. The van der Waals surface area contributed by atoms with Gasteiger partial charge in [0.1, 0.15) is 4.21 Å². The van der Waals surface area contributed by atoms with Gasteiger partial charge in [0.25, 0.3) is 10.0 Å². The lowest BCUT2D eigenvalue weighted by atomic mass is 9.90. The lowest BCUT2D eigenvalue weighted by molar-refractivity contribution is -0.136. The predicted molar refractivity (Wildman–Crippen MR) is 106 cm³/mol. The van der Waals surface area contributed by atoms with Crippen LogP contribution in [0.3, 0.4) is 0 Å². The third kappa shape index (κ3) is 4.25. The van der Waals surface area contributed by atoms with E-state index in [-0.39, 0.29) is 36.2 Å². The van der Waals surface area contributed by atoms with E-state index in [1.807, 2.05) is 17.9 Å². The van der Waals surface area contributed by atoms with E-state index in [1.54, 1.807) is 6.07 Å². The lowest BCUT2D eigenvalue weighted by Gasteiger charge is -2.33. The summed E-state index contributed by atoms with van der Waals surface area (Å²) >= 11 is 1.29. The average Bonchev–Trinajstić information content (AvgIpc) is 3.21. The van der Waals surface area contributed by atoms with Crippen molar-refractivity contribution in [1.29, 1.82) is 0 Å². The molecule has 2 fully saturated rings. The molecule has 0 radical (unpaired) electrons. The summed E-state index contributed by atoms with van der Waals surface area (Å²) in [6, 6.07) is 3.48. The van der Waals surface area contributed by atoms with Crippen LogP contribution in [0.1, 0.15) is 31.1 Å². The third-order valence-electron chi connectivity index (χ3n) is 5.41. The second-order valence-electron chi connectivity index (χ2n) is 7.59. The molecular weight excluding hydrogens is 394 g/mol.